The maximum absolute atomic E-state index is 14.4. The van der Waals surface area contributed by atoms with Gasteiger partial charge in [0.1, 0.15) is 11.5 Å². The minimum atomic E-state index is -0.685. The van der Waals surface area contributed by atoms with Crippen LogP contribution < -0.4 is 5.32 Å². The van der Waals surface area contributed by atoms with Gasteiger partial charge < -0.3 is 10.4 Å². The van der Waals surface area contributed by atoms with Crippen LogP contribution in [0.25, 0.3) is 5.69 Å². The van der Waals surface area contributed by atoms with E-state index in [4.69, 9.17) is 0 Å². The van der Waals surface area contributed by atoms with Gasteiger partial charge in [-0.25, -0.2) is 13.5 Å². The molecule has 1 aromatic carbocycles. The number of carbonyl (C=O) groups excluding carboxylic acids is 1. The van der Waals surface area contributed by atoms with E-state index in [1.54, 1.807) is 0 Å². The average molecular weight is 402 g/mol. The lowest BCUT2D eigenvalue weighted by atomic mass is 10.1. The van der Waals surface area contributed by atoms with Crippen LogP contribution in [0.5, 0.6) is 0 Å². The smallest absolute Gasteiger partial charge is 0.272 e. The average Bonchev–Trinajstić information content (AvgIpc) is 3.05. The molecule has 0 bridgehead atoms. The lowest BCUT2D eigenvalue weighted by Crippen LogP contribution is -2.39. The van der Waals surface area contributed by atoms with E-state index in [1.165, 1.54) is 16.8 Å². The van der Waals surface area contributed by atoms with Gasteiger partial charge in [0.05, 0.1) is 12.3 Å². The van der Waals surface area contributed by atoms with Gasteiger partial charge in [0.25, 0.3) is 5.91 Å². The van der Waals surface area contributed by atoms with Gasteiger partial charge in [-0.15, -0.1) is 0 Å². The number of carbonyl (C=O) groups is 1. The van der Waals surface area contributed by atoms with E-state index in [2.05, 4.69) is 15.3 Å². The second-order valence-corrected chi connectivity index (χ2v) is 8.30. The highest BCUT2D eigenvalue weighted by atomic mass is 19.1. The Morgan fingerprint density at radius 1 is 1.34 bits per heavy atom. The van der Waals surface area contributed by atoms with Crippen LogP contribution >= 0.6 is 0 Å². The third-order valence-corrected chi connectivity index (χ3v) is 6.51. The van der Waals surface area contributed by atoms with Crippen molar-refractivity contribution in [2.24, 2.45) is 5.92 Å². The normalized spacial score (nSPS) is 25.1. The summed E-state index contributed by atoms with van der Waals surface area (Å²) in [7, 11) is 0. The zero-order valence-electron chi connectivity index (χ0n) is 16.1. The van der Waals surface area contributed by atoms with Crippen molar-refractivity contribution in [3.8, 4) is 5.69 Å². The van der Waals surface area contributed by atoms with E-state index in [0.717, 1.165) is 49.6 Å². The van der Waals surface area contributed by atoms with Crippen LogP contribution in [0.3, 0.4) is 0 Å². The van der Waals surface area contributed by atoms with E-state index >= 15 is 0 Å². The molecule has 5 rings (SSSR count). The maximum atomic E-state index is 14.4. The summed E-state index contributed by atoms with van der Waals surface area (Å²) in [4.78, 5) is 15.0. The Hall–Kier alpha value is -2.32. The van der Waals surface area contributed by atoms with Crippen LogP contribution in [0, 0.1) is 17.6 Å². The molecule has 0 unspecified atom stereocenters. The molecule has 1 saturated carbocycles. The Bertz CT molecular complexity index is 960. The van der Waals surface area contributed by atoms with Gasteiger partial charge in [-0.2, -0.15) is 5.10 Å². The van der Waals surface area contributed by atoms with Gasteiger partial charge >= 0.3 is 0 Å². The molecular weight excluding hydrogens is 378 g/mol. The molecule has 2 aromatic rings. The van der Waals surface area contributed by atoms with Crippen LogP contribution in [-0.2, 0) is 6.42 Å². The van der Waals surface area contributed by atoms with E-state index in [-0.39, 0.29) is 24.2 Å². The van der Waals surface area contributed by atoms with Gasteiger partial charge in [-0.05, 0) is 50.3 Å². The minimum absolute atomic E-state index is 0.137. The third-order valence-electron chi connectivity index (χ3n) is 6.51. The van der Waals surface area contributed by atoms with E-state index in [0.29, 0.717) is 30.6 Å². The molecule has 2 heterocycles. The number of nitrogens with zero attached hydrogens (tertiary/aromatic N) is 3. The van der Waals surface area contributed by atoms with Crippen molar-refractivity contribution in [2.45, 2.75) is 37.6 Å². The van der Waals surface area contributed by atoms with Crippen molar-refractivity contribution >= 4 is 5.91 Å². The Morgan fingerprint density at radius 2 is 2.21 bits per heavy atom. The van der Waals surface area contributed by atoms with Crippen LogP contribution in [0.15, 0.2) is 18.2 Å². The first kappa shape index (κ1) is 18.7. The summed E-state index contributed by atoms with van der Waals surface area (Å²) in [6.07, 6.45) is 3.85. The number of hydrogen-bond donors (Lipinski definition) is 2. The van der Waals surface area contributed by atoms with Crippen molar-refractivity contribution in [1.82, 2.24) is 20.0 Å². The fourth-order valence-electron chi connectivity index (χ4n) is 4.93. The quantitative estimate of drug-likeness (QED) is 0.776. The highest BCUT2D eigenvalue weighted by molar-refractivity contribution is 5.94. The number of nitrogens with one attached hydrogen (secondary N) is 1. The highest BCUT2D eigenvalue weighted by Crippen LogP contribution is 2.57. The predicted molar refractivity (Wildman–Crippen MR) is 102 cm³/mol. The largest absolute Gasteiger partial charge is 0.395 e. The molecule has 3 atom stereocenters. The fourth-order valence-corrected chi connectivity index (χ4v) is 4.93. The summed E-state index contributed by atoms with van der Waals surface area (Å²) in [6.45, 7) is 2.21. The lowest BCUT2D eigenvalue weighted by molar-refractivity contribution is 0.0936. The molecule has 2 N–H and O–H groups in total. The molecule has 3 aliphatic rings. The van der Waals surface area contributed by atoms with Gasteiger partial charge in [-0.3, -0.25) is 9.69 Å². The molecule has 8 heteroatoms. The Morgan fingerprint density at radius 3 is 3.00 bits per heavy atom. The Balaban J connectivity index is 1.36. The number of benzene rings is 1. The predicted octanol–water partition coefficient (Wildman–Crippen LogP) is 2.00. The number of fused-ring (bicyclic) bond motifs is 3. The number of amides is 1. The molecule has 1 amide bonds. The summed E-state index contributed by atoms with van der Waals surface area (Å²) in [6, 6.07) is 3.59. The first-order chi connectivity index (χ1) is 14.1. The zero-order valence-corrected chi connectivity index (χ0v) is 16.1. The number of aliphatic hydroxyl groups excluding tert-OH is 1. The van der Waals surface area contributed by atoms with Gasteiger partial charge in [0.2, 0.25) is 0 Å². The van der Waals surface area contributed by atoms with E-state index in [9.17, 15) is 18.7 Å². The number of aromatic nitrogens is 2. The molecule has 2 fully saturated rings. The van der Waals surface area contributed by atoms with Crippen molar-refractivity contribution < 1.29 is 18.7 Å². The first-order valence-electron chi connectivity index (χ1n) is 10.3. The van der Waals surface area contributed by atoms with Crippen LogP contribution in [0.1, 0.15) is 46.9 Å². The van der Waals surface area contributed by atoms with E-state index in [1.807, 2.05) is 0 Å². The maximum Gasteiger partial charge on any atom is 0.272 e. The molecule has 1 aliphatic heterocycles. The molecule has 154 valence electrons. The van der Waals surface area contributed by atoms with E-state index < -0.39 is 11.6 Å². The standard InChI is InChI=1S/C21H24F2N4O2/c22-13-3-4-18(17(23)10-13)27-20-15-8-12(15)9-16(20)19(25-27)21(29)24-5-7-26-6-1-2-14(26)11-28/h3-4,10,12,14-15,28H,1-2,5-9,11H2,(H,24,29)/t12-,14+,15-/m1/s1. The second kappa shape index (κ2) is 7.18. The molecule has 6 nitrogen and oxygen atoms in total. The SMILES string of the molecule is O=C(NCCN1CCC[C@H]1CO)c1nn(-c2ccc(F)cc2F)c2c1C[C@H]1C[C@@H]21. The third kappa shape index (κ3) is 3.24. The first-order valence-corrected chi connectivity index (χ1v) is 10.3. The number of aliphatic hydroxyl groups is 1. The molecule has 2 aliphatic carbocycles. The number of likely N-dealkylation sites (tertiary alicyclic amines) is 1. The topological polar surface area (TPSA) is 70.4 Å². The van der Waals surface area contributed by atoms with Gasteiger partial charge in [0, 0.05) is 36.7 Å². The molecule has 0 radical (unpaired) electrons. The van der Waals surface area contributed by atoms with Gasteiger partial charge in [-0.1, -0.05) is 0 Å². The van der Waals surface area contributed by atoms with Crippen molar-refractivity contribution in [2.75, 3.05) is 26.2 Å². The molecule has 1 aromatic heterocycles. The van der Waals surface area contributed by atoms with Crippen molar-refractivity contribution in [3.05, 3.63) is 46.8 Å². The van der Waals surface area contributed by atoms with Crippen molar-refractivity contribution in [1.29, 1.82) is 0 Å². The molecule has 1 saturated heterocycles. The zero-order chi connectivity index (χ0) is 20.1. The van der Waals surface area contributed by atoms with Crippen molar-refractivity contribution in [3.63, 3.8) is 0 Å². The molecular formula is C21H24F2N4O2. The lowest BCUT2D eigenvalue weighted by Gasteiger charge is -2.22. The Labute approximate surface area is 167 Å². The summed E-state index contributed by atoms with van der Waals surface area (Å²) < 4.78 is 29.2. The van der Waals surface area contributed by atoms with Crippen LogP contribution in [0.4, 0.5) is 8.78 Å². The number of rotatable bonds is 6. The summed E-state index contributed by atoms with van der Waals surface area (Å²) in [5.74, 6) is -0.781. The highest BCUT2D eigenvalue weighted by Gasteiger charge is 2.50. The molecule has 29 heavy (non-hydrogen) atoms. The van der Waals surface area contributed by atoms with Crippen LogP contribution in [0.2, 0.25) is 0 Å². The minimum Gasteiger partial charge on any atom is -0.395 e. The number of halogens is 2. The van der Waals surface area contributed by atoms with Crippen LogP contribution in [-0.4, -0.2) is 58.0 Å². The Kier molecular flexibility index (Phi) is 4.63. The summed E-state index contributed by atoms with van der Waals surface area (Å²) in [5, 5.41) is 16.8. The summed E-state index contributed by atoms with van der Waals surface area (Å²) >= 11 is 0. The second-order valence-electron chi connectivity index (χ2n) is 8.30. The molecule has 0 spiro atoms. The fraction of sp³-hybridized carbons (Fsp3) is 0.524. The number of hydrogen-bond acceptors (Lipinski definition) is 4. The monoisotopic (exact) mass is 402 g/mol. The summed E-state index contributed by atoms with van der Waals surface area (Å²) in [5.41, 5.74) is 2.31. The van der Waals surface area contributed by atoms with Gasteiger partial charge in [0.15, 0.2) is 11.5 Å².